The molecule has 2 aromatic carbocycles. The number of aromatic nitrogens is 3. The summed E-state index contributed by atoms with van der Waals surface area (Å²) < 4.78 is 16.4. The van der Waals surface area contributed by atoms with E-state index < -0.39 is 0 Å². The maximum absolute atomic E-state index is 14.7. The fraction of sp³-hybridized carbons (Fsp3) is 0.318. The second kappa shape index (κ2) is 6.26. The lowest BCUT2D eigenvalue weighted by Crippen LogP contribution is -2.35. The Labute approximate surface area is 162 Å². The maximum atomic E-state index is 14.7. The third-order valence-corrected chi connectivity index (χ3v) is 6.07. The molecule has 0 bridgehead atoms. The molecular formula is C22H21FN4O. The standard InChI is InChI=1S/C22H21FN4O/c1-26-14-24-20(25-26)15-7-9-16(10-8-15)21(28)27-13-22(11-2-3-12-22)19-17(23)5-4-6-18(19)27/h4-10,14H,2-3,11-13H2,1H3. The van der Waals surface area contributed by atoms with Gasteiger partial charge in [0.2, 0.25) is 0 Å². The molecule has 6 heteroatoms. The van der Waals surface area contributed by atoms with E-state index in [-0.39, 0.29) is 17.1 Å². The van der Waals surface area contributed by atoms with Gasteiger partial charge in [-0.3, -0.25) is 9.48 Å². The molecule has 0 radical (unpaired) electrons. The van der Waals surface area contributed by atoms with Gasteiger partial charge in [-0.05, 0) is 37.1 Å². The Morgan fingerprint density at radius 3 is 2.54 bits per heavy atom. The molecule has 1 saturated carbocycles. The summed E-state index contributed by atoms with van der Waals surface area (Å²) in [6.07, 6.45) is 5.69. The second-order valence-corrected chi connectivity index (χ2v) is 7.83. The zero-order valence-electron chi connectivity index (χ0n) is 15.7. The van der Waals surface area contributed by atoms with Crippen LogP contribution in [0.25, 0.3) is 11.4 Å². The molecule has 142 valence electrons. The van der Waals surface area contributed by atoms with Crippen LogP contribution in [0.3, 0.4) is 0 Å². The molecular weight excluding hydrogens is 355 g/mol. The molecule has 28 heavy (non-hydrogen) atoms. The third kappa shape index (κ3) is 2.55. The topological polar surface area (TPSA) is 51.0 Å². The number of amides is 1. The normalized spacial score (nSPS) is 17.3. The molecule has 3 aromatic rings. The van der Waals surface area contributed by atoms with Crippen LogP contribution in [0, 0.1) is 5.82 Å². The first-order valence-electron chi connectivity index (χ1n) is 9.64. The molecule has 1 amide bonds. The van der Waals surface area contributed by atoms with Gasteiger partial charge in [-0.1, -0.05) is 31.0 Å². The van der Waals surface area contributed by atoms with Crippen molar-refractivity contribution in [3.8, 4) is 11.4 Å². The van der Waals surface area contributed by atoms with Gasteiger partial charge in [-0.15, -0.1) is 0 Å². The molecule has 0 saturated heterocycles. The number of fused-ring (bicyclic) bond motifs is 2. The Balaban J connectivity index is 1.48. The van der Waals surface area contributed by atoms with Gasteiger partial charge in [0, 0.05) is 35.7 Å². The number of rotatable bonds is 2. The summed E-state index contributed by atoms with van der Waals surface area (Å²) in [6, 6.07) is 12.4. The van der Waals surface area contributed by atoms with Gasteiger partial charge in [0.1, 0.15) is 12.1 Å². The summed E-state index contributed by atoms with van der Waals surface area (Å²) in [4.78, 5) is 19.3. The number of carbonyl (C=O) groups excluding carboxylic acids is 1. The number of aryl methyl sites for hydroxylation is 1. The van der Waals surface area contributed by atoms with Crippen LogP contribution in [0.15, 0.2) is 48.8 Å². The van der Waals surface area contributed by atoms with Gasteiger partial charge >= 0.3 is 0 Å². The van der Waals surface area contributed by atoms with Crippen LogP contribution in [0.2, 0.25) is 0 Å². The number of benzene rings is 2. The van der Waals surface area contributed by atoms with Crippen molar-refractivity contribution in [2.45, 2.75) is 31.1 Å². The molecule has 2 aliphatic rings. The summed E-state index contributed by atoms with van der Waals surface area (Å²) in [5.41, 5.74) is 2.67. The van der Waals surface area contributed by atoms with Gasteiger partial charge in [-0.25, -0.2) is 9.37 Å². The second-order valence-electron chi connectivity index (χ2n) is 7.83. The van der Waals surface area contributed by atoms with Crippen molar-refractivity contribution in [2.75, 3.05) is 11.4 Å². The van der Waals surface area contributed by atoms with Crippen LogP contribution >= 0.6 is 0 Å². The van der Waals surface area contributed by atoms with E-state index in [1.165, 1.54) is 6.07 Å². The Morgan fingerprint density at radius 1 is 1.11 bits per heavy atom. The number of hydrogen-bond donors (Lipinski definition) is 0. The fourth-order valence-electron chi connectivity index (χ4n) is 4.76. The van der Waals surface area contributed by atoms with Crippen molar-refractivity contribution in [2.24, 2.45) is 7.05 Å². The highest BCUT2D eigenvalue weighted by Gasteiger charge is 2.48. The number of nitrogens with zero attached hydrogens (tertiary/aromatic N) is 4. The SMILES string of the molecule is Cn1cnc(-c2ccc(C(=O)N3CC4(CCCC4)c4c(F)cccc43)cc2)n1. The van der Waals surface area contributed by atoms with Crippen molar-refractivity contribution in [1.82, 2.24) is 14.8 Å². The quantitative estimate of drug-likeness (QED) is 0.677. The van der Waals surface area contributed by atoms with Crippen molar-refractivity contribution in [3.63, 3.8) is 0 Å². The Hall–Kier alpha value is -3.02. The highest BCUT2D eigenvalue weighted by molar-refractivity contribution is 6.08. The molecule has 0 unspecified atom stereocenters. The molecule has 0 atom stereocenters. The predicted molar refractivity (Wildman–Crippen MR) is 105 cm³/mol. The molecule has 1 fully saturated rings. The number of carbonyl (C=O) groups is 1. The smallest absolute Gasteiger partial charge is 0.258 e. The van der Waals surface area contributed by atoms with Crippen LogP contribution in [0.5, 0.6) is 0 Å². The van der Waals surface area contributed by atoms with Crippen LogP contribution in [0.4, 0.5) is 10.1 Å². The van der Waals surface area contributed by atoms with Gasteiger partial charge in [0.05, 0.1) is 5.69 Å². The van der Waals surface area contributed by atoms with Crippen LogP contribution in [-0.4, -0.2) is 27.2 Å². The van der Waals surface area contributed by atoms with E-state index in [1.54, 1.807) is 34.1 Å². The molecule has 1 aromatic heterocycles. The largest absolute Gasteiger partial charge is 0.307 e. The minimum Gasteiger partial charge on any atom is -0.307 e. The minimum absolute atomic E-state index is 0.0869. The van der Waals surface area contributed by atoms with E-state index in [0.29, 0.717) is 17.9 Å². The van der Waals surface area contributed by atoms with E-state index in [4.69, 9.17) is 0 Å². The highest BCUT2D eigenvalue weighted by atomic mass is 19.1. The van der Waals surface area contributed by atoms with Gasteiger partial charge in [-0.2, -0.15) is 5.10 Å². The van der Waals surface area contributed by atoms with E-state index in [2.05, 4.69) is 10.1 Å². The average molecular weight is 376 g/mol. The molecule has 2 heterocycles. The van der Waals surface area contributed by atoms with E-state index in [0.717, 1.165) is 42.5 Å². The first-order valence-corrected chi connectivity index (χ1v) is 9.64. The molecule has 0 N–H and O–H groups in total. The summed E-state index contributed by atoms with van der Waals surface area (Å²) in [6.45, 7) is 0.561. The first kappa shape index (κ1) is 17.1. The van der Waals surface area contributed by atoms with Crippen molar-refractivity contribution in [1.29, 1.82) is 0 Å². The molecule has 5 nitrogen and oxygen atoms in total. The Kier molecular flexibility index (Phi) is 3.82. The number of anilines is 1. The van der Waals surface area contributed by atoms with E-state index >= 15 is 0 Å². The van der Waals surface area contributed by atoms with E-state index in [1.807, 2.05) is 25.2 Å². The molecule has 1 aliphatic heterocycles. The lowest BCUT2D eigenvalue weighted by molar-refractivity contribution is 0.0985. The van der Waals surface area contributed by atoms with Gasteiger partial charge in [0.15, 0.2) is 5.82 Å². The zero-order valence-corrected chi connectivity index (χ0v) is 15.7. The molecule has 1 aliphatic carbocycles. The van der Waals surface area contributed by atoms with Crippen molar-refractivity contribution < 1.29 is 9.18 Å². The maximum Gasteiger partial charge on any atom is 0.258 e. The molecule has 1 spiro atoms. The first-order chi connectivity index (χ1) is 13.6. The third-order valence-electron chi connectivity index (χ3n) is 6.07. The summed E-state index contributed by atoms with van der Waals surface area (Å²) in [5.74, 6) is 0.349. The Bertz CT molecular complexity index is 1050. The predicted octanol–water partition coefficient (Wildman–Crippen LogP) is 4.09. The minimum atomic E-state index is -0.228. The lowest BCUT2D eigenvalue weighted by Gasteiger charge is -2.25. The highest BCUT2D eigenvalue weighted by Crippen LogP contribution is 2.51. The van der Waals surface area contributed by atoms with E-state index in [9.17, 15) is 9.18 Å². The summed E-state index contributed by atoms with van der Waals surface area (Å²) >= 11 is 0. The monoisotopic (exact) mass is 376 g/mol. The number of hydrogen-bond acceptors (Lipinski definition) is 3. The lowest BCUT2D eigenvalue weighted by atomic mass is 9.80. The van der Waals surface area contributed by atoms with Crippen LogP contribution in [0.1, 0.15) is 41.6 Å². The van der Waals surface area contributed by atoms with Crippen LogP contribution < -0.4 is 4.90 Å². The van der Waals surface area contributed by atoms with Crippen molar-refractivity contribution >= 4 is 11.6 Å². The molecule has 5 rings (SSSR count). The average Bonchev–Trinajstić information content (AvgIpc) is 3.42. The van der Waals surface area contributed by atoms with Gasteiger partial charge in [0.25, 0.3) is 5.91 Å². The van der Waals surface area contributed by atoms with Crippen LogP contribution in [-0.2, 0) is 12.5 Å². The zero-order chi connectivity index (χ0) is 19.3. The summed E-state index contributed by atoms with van der Waals surface area (Å²) in [7, 11) is 1.82. The number of halogens is 1. The van der Waals surface area contributed by atoms with Crippen molar-refractivity contribution in [3.05, 3.63) is 65.7 Å². The summed E-state index contributed by atoms with van der Waals surface area (Å²) in [5, 5.41) is 4.29. The van der Waals surface area contributed by atoms with Gasteiger partial charge < -0.3 is 4.90 Å². The Morgan fingerprint density at radius 2 is 1.86 bits per heavy atom. The fourth-order valence-corrected chi connectivity index (χ4v) is 4.76.